The molecule has 2 heterocycles. The van der Waals surface area contributed by atoms with Gasteiger partial charge >= 0.3 is 0 Å². The first-order valence-corrected chi connectivity index (χ1v) is 20.6. The van der Waals surface area contributed by atoms with Crippen molar-refractivity contribution in [3.05, 3.63) is 134 Å². The van der Waals surface area contributed by atoms with Crippen molar-refractivity contribution in [3.8, 4) is 28.0 Å². The number of rotatable bonds is 12. The lowest BCUT2D eigenvalue weighted by Crippen LogP contribution is -2.20. The molecule has 8 heteroatoms. The van der Waals surface area contributed by atoms with Crippen molar-refractivity contribution in [2.75, 3.05) is 7.11 Å². The van der Waals surface area contributed by atoms with Gasteiger partial charge < -0.3 is 19.0 Å². The molecule has 6 nitrogen and oxygen atoms in total. The van der Waals surface area contributed by atoms with Crippen molar-refractivity contribution in [1.82, 2.24) is 9.13 Å². The summed E-state index contributed by atoms with van der Waals surface area (Å²) < 4.78 is 38.8. The Balaban J connectivity index is 0.000000259. The molecule has 4 aromatic carbocycles. The largest absolute Gasteiger partial charge is 0.496 e. The van der Waals surface area contributed by atoms with Crippen LogP contribution in [0.2, 0.25) is 0 Å². The molecule has 6 aromatic rings. The van der Waals surface area contributed by atoms with E-state index < -0.39 is 17.0 Å². The van der Waals surface area contributed by atoms with Gasteiger partial charge in [0.05, 0.1) is 13.7 Å². The summed E-state index contributed by atoms with van der Waals surface area (Å²) in [6, 6.07) is 21.8. The molecule has 0 spiro atoms. The van der Waals surface area contributed by atoms with Crippen LogP contribution in [0.5, 0.6) is 5.75 Å². The topological polar surface area (TPSA) is 73.5 Å². The highest BCUT2D eigenvalue weighted by Gasteiger charge is 2.26. The van der Waals surface area contributed by atoms with Gasteiger partial charge in [0, 0.05) is 58.5 Å². The maximum atomic E-state index is 14.8. The molecule has 0 fully saturated rings. The van der Waals surface area contributed by atoms with E-state index in [1.54, 1.807) is 44.7 Å². The van der Waals surface area contributed by atoms with Crippen LogP contribution in [0, 0.1) is 11.6 Å². The molecule has 0 atom stereocenters. The molecule has 0 amide bonds. The van der Waals surface area contributed by atoms with E-state index >= 15 is 0 Å². The van der Waals surface area contributed by atoms with Gasteiger partial charge in [-0.05, 0) is 87.5 Å². The van der Waals surface area contributed by atoms with Crippen molar-refractivity contribution in [3.63, 3.8) is 0 Å². The minimum absolute atomic E-state index is 0. The van der Waals surface area contributed by atoms with Crippen molar-refractivity contribution in [2.24, 2.45) is 0 Å². The predicted molar refractivity (Wildman–Crippen MR) is 243 cm³/mol. The highest BCUT2D eigenvalue weighted by Crippen LogP contribution is 2.40. The molecule has 0 saturated heterocycles. The zero-order valence-electron chi connectivity index (χ0n) is 35.8. The Morgan fingerprint density at radius 2 is 1.05 bits per heavy atom. The minimum atomic E-state index is -0.630. The Labute approximate surface area is 349 Å². The third kappa shape index (κ3) is 10.4. The second-order valence-corrected chi connectivity index (χ2v) is 17.3. The Hall–Kier alpha value is -5.08. The number of fused-ring (bicyclic) bond motifs is 2. The molecule has 0 unspecified atom stereocenters. The monoisotopic (exact) mass is 806 g/mol. The Kier molecular flexibility index (Phi) is 15.6. The number of benzene rings is 4. The summed E-state index contributed by atoms with van der Waals surface area (Å²) in [5.74, 6) is -0.361. The molecule has 0 aliphatic rings. The SMILES string of the molecule is C.CCCCCCn1cc(-c2cc(CO)c(C(C)(C)C)c(OC)c2)c2ccccc2c1=O.CCCCn1cc(-c2cc(F)c(C(C)(C)C)c(F)c2)c2ccccc2c1=O. The molecule has 0 saturated carbocycles. The molecule has 0 aliphatic heterocycles. The summed E-state index contributed by atoms with van der Waals surface area (Å²) in [7, 11) is 1.67. The average Bonchev–Trinajstić information content (AvgIpc) is 3.18. The third-order valence-corrected chi connectivity index (χ3v) is 10.7. The second-order valence-electron chi connectivity index (χ2n) is 17.3. The normalized spacial score (nSPS) is 11.7. The van der Waals surface area contributed by atoms with E-state index in [1.165, 1.54) is 25.0 Å². The molecular weight excluding hydrogens is 743 g/mol. The number of aliphatic hydroxyl groups excluding tert-OH is 1. The van der Waals surface area contributed by atoms with Crippen LogP contribution in [-0.2, 0) is 30.5 Å². The Bertz CT molecular complexity index is 2450. The van der Waals surface area contributed by atoms with Crippen LogP contribution in [-0.4, -0.2) is 21.4 Å². The third-order valence-electron chi connectivity index (χ3n) is 10.7. The summed E-state index contributed by atoms with van der Waals surface area (Å²) >= 11 is 0. The molecule has 0 radical (unpaired) electrons. The maximum Gasteiger partial charge on any atom is 0.258 e. The van der Waals surface area contributed by atoms with Gasteiger partial charge in [-0.2, -0.15) is 0 Å². The van der Waals surface area contributed by atoms with E-state index in [-0.39, 0.29) is 36.1 Å². The highest BCUT2D eigenvalue weighted by atomic mass is 19.1. The predicted octanol–water partition coefficient (Wildman–Crippen LogP) is 12.7. The van der Waals surface area contributed by atoms with Crippen molar-refractivity contribution >= 4 is 21.5 Å². The van der Waals surface area contributed by atoms with Crippen LogP contribution >= 0.6 is 0 Å². The van der Waals surface area contributed by atoms with Gasteiger partial charge in [-0.1, -0.05) is 125 Å². The molecule has 0 bridgehead atoms. The Morgan fingerprint density at radius 1 is 0.610 bits per heavy atom. The standard InChI is InChI=1S/C27H35NO3.C23H25F2NO.CH4/c1-6-7-8-11-14-28-17-23(21-12-9-10-13-22(21)26(28)30)19-15-20(18-29)25(27(2,3)4)24(16-19)31-5;1-5-6-11-26-14-18(16-9-7-8-10-17(16)22(26)27)15-12-19(24)21(20(25)13-15)23(2,3)4;/h9-10,12-13,15-17,29H,6-8,11,14,18H2,1-5H3;7-10,12-14H,5-6,11H2,1-4H3;1H4. The molecular formula is C51H64F2N2O4. The van der Waals surface area contributed by atoms with Crippen molar-refractivity contribution in [1.29, 1.82) is 0 Å². The quantitative estimate of drug-likeness (QED) is 0.125. The number of aryl methyl sites for hydroxylation is 2. The zero-order chi connectivity index (χ0) is 42.4. The lowest BCUT2D eigenvalue weighted by molar-refractivity contribution is 0.276. The summed E-state index contributed by atoms with van der Waals surface area (Å²) in [6.45, 7) is 17.2. The van der Waals surface area contributed by atoms with Crippen molar-refractivity contribution < 1.29 is 18.6 Å². The first-order chi connectivity index (χ1) is 27.5. The number of pyridine rings is 2. The number of hydrogen-bond acceptors (Lipinski definition) is 4. The van der Waals surface area contributed by atoms with E-state index in [0.717, 1.165) is 64.5 Å². The fraction of sp³-hybridized carbons (Fsp3) is 0.412. The van der Waals surface area contributed by atoms with Gasteiger partial charge in [-0.3, -0.25) is 9.59 Å². The summed E-state index contributed by atoms with van der Waals surface area (Å²) in [6.07, 6.45) is 9.98. The van der Waals surface area contributed by atoms with Crippen LogP contribution in [0.3, 0.4) is 0 Å². The van der Waals surface area contributed by atoms with Gasteiger partial charge in [-0.25, -0.2) is 8.78 Å². The fourth-order valence-corrected chi connectivity index (χ4v) is 7.93. The zero-order valence-corrected chi connectivity index (χ0v) is 35.8. The average molecular weight is 807 g/mol. The number of halogens is 2. The molecule has 316 valence electrons. The van der Waals surface area contributed by atoms with Gasteiger partial charge in [0.15, 0.2) is 0 Å². The molecule has 59 heavy (non-hydrogen) atoms. The van der Waals surface area contributed by atoms with Gasteiger partial charge in [-0.15, -0.1) is 0 Å². The van der Waals surface area contributed by atoms with Crippen LogP contribution in [0.15, 0.2) is 94.8 Å². The highest BCUT2D eigenvalue weighted by molar-refractivity contribution is 5.97. The van der Waals surface area contributed by atoms with Crippen LogP contribution in [0.4, 0.5) is 8.78 Å². The van der Waals surface area contributed by atoms with Crippen LogP contribution in [0.1, 0.15) is 118 Å². The van der Waals surface area contributed by atoms with E-state index in [1.807, 2.05) is 65.4 Å². The summed E-state index contributed by atoms with van der Waals surface area (Å²) in [5, 5.41) is 13.1. The molecule has 6 rings (SSSR count). The molecule has 2 aromatic heterocycles. The fourth-order valence-electron chi connectivity index (χ4n) is 7.93. The Morgan fingerprint density at radius 3 is 1.47 bits per heavy atom. The second kappa shape index (κ2) is 19.8. The lowest BCUT2D eigenvalue weighted by Gasteiger charge is -2.26. The number of ether oxygens (including phenoxy) is 1. The molecule has 0 aliphatic carbocycles. The first-order valence-electron chi connectivity index (χ1n) is 20.6. The number of methoxy groups -OCH3 is 1. The van der Waals surface area contributed by atoms with E-state index in [9.17, 15) is 23.5 Å². The first kappa shape index (κ1) is 46.6. The lowest BCUT2D eigenvalue weighted by atomic mass is 9.81. The van der Waals surface area contributed by atoms with E-state index in [2.05, 4.69) is 34.6 Å². The smallest absolute Gasteiger partial charge is 0.258 e. The van der Waals surface area contributed by atoms with Crippen molar-refractivity contribution in [2.45, 2.75) is 132 Å². The van der Waals surface area contributed by atoms with Gasteiger partial charge in [0.1, 0.15) is 17.4 Å². The van der Waals surface area contributed by atoms with Crippen LogP contribution in [0.25, 0.3) is 43.8 Å². The number of unbranched alkanes of at least 4 members (excludes halogenated alkanes) is 4. The maximum absolute atomic E-state index is 14.8. The van der Waals surface area contributed by atoms with Crippen LogP contribution < -0.4 is 15.9 Å². The van der Waals surface area contributed by atoms with Gasteiger partial charge in [0.25, 0.3) is 11.1 Å². The number of hydrogen-bond donors (Lipinski definition) is 1. The van der Waals surface area contributed by atoms with E-state index in [0.29, 0.717) is 35.0 Å². The van der Waals surface area contributed by atoms with E-state index in [4.69, 9.17) is 4.74 Å². The minimum Gasteiger partial charge on any atom is -0.496 e. The number of aliphatic hydroxyl groups is 1. The number of nitrogens with zero attached hydrogens (tertiary/aromatic N) is 2. The summed E-state index contributed by atoms with van der Waals surface area (Å²) in [5.41, 5.74) is 4.17. The van der Waals surface area contributed by atoms with Gasteiger partial charge in [0.2, 0.25) is 0 Å². The molecule has 1 N–H and O–H groups in total. The number of aromatic nitrogens is 2. The summed E-state index contributed by atoms with van der Waals surface area (Å²) in [4.78, 5) is 25.9.